The average molecular weight is 1190 g/mol. The van der Waals surface area contributed by atoms with Gasteiger partial charge in [0.2, 0.25) is 5.70 Å². The van der Waals surface area contributed by atoms with E-state index < -0.39 is 252 Å². The molecule has 0 unspecified atom stereocenters. The first kappa shape index (κ1) is 59.6. The standard InChI is InChI=1S/C48H3F30N3/c1-5-22(49)28(55)13(29(56)23(5)50)14-30(57)24(51)10(25(52)31(14)58)6(3-79)8-9(7(4-80)11-26(53)32(59)15(33(60)27(11)54)17-36(63)42(69)20(47(73,74)75)43(70)37(17)64)12(8)46(81-2)19-40(67)34(61)16(35(62)41(19)68)18-38(65)44(71)21(48(76,77)78)45(72)39(18)66/h1H3. The van der Waals surface area contributed by atoms with Crippen LogP contribution in [-0.2, 0) is 12.4 Å². The topological polar surface area (TPSA) is 51.9 Å². The second-order valence-electron chi connectivity index (χ2n) is 15.8. The van der Waals surface area contributed by atoms with Gasteiger partial charge >= 0.3 is 12.4 Å². The highest BCUT2D eigenvalue weighted by Gasteiger charge is 2.49. The third kappa shape index (κ3) is 8.51. The molecule has 81 heavy (non-hydrogen) atoms. The Morgan fingerprint density at radius 2 is 0.506 bits per heavy atom. The molecule has 0 atom stereocenters. The summed E-state index contributed by atoms with van der Waals surface area (Å²) in [6.07, 6.45) is -12.8. The smallest absolute Gasteiger partial charge is 0.237 e. The number of hydrogen-bond acceptors (Lipinski definition) is 2. The molecule has 1 saturated carbocycles. The van der Waals surface area contributed by atoms with Crippen molar-refractivity contribution in [1.82, 2.24) is 0 Å². The molecule has 1 fully saturated rings. The summed E-state index contributed by atoms with van der Waals surface area (Å²) in [6.45, 7) is 7.86. The number of benzene rings is 6. The maximum atomic E-state index is 16.2. The fourth-order valence-electron chi connectivity index (χ4n) is 8.00. The first-order chi connectivity index (χ1) is 37.4. The Morgan fingerprint density at radius 3 is 0.704 bits per heavy atom. The molecule has 1 aliphatic carbocycles. The molecule has 6 aromatic rings. The largest absolute Gasteiger partial charge is 0.422 e. The summed E-state index contributed by atoms with van der Waals surface area (Å²) in [7, 11) is 0. The van der Waals surface area contributed by atoms with Gasteiger partial charge in [-0.15, -0.1) is 0 Å². The van der Waals surface area contributed by atoms with E-state index in [1.54, 1.807) is 0 Å². The van der Waals surface area contributed by atoms with Crippen molar-refractivity contribution in [2.75, 3.05) is 0 Å². The first-order valence-electron chi connectivity index (χ1n) is 20.1. The van der Waals surface area contributed by atoms with Crippen LogP contribution in [0.2, 0.25) is 0 Å². The normalized spacial score (nSPS) is 14.5. The highest BCUT2D eigenvalue weighted by atomic mass is 19.4. The number of rotatable bonds is 6. The molecule has 7 rings (SSSR count). The molecule has 0 radical (unpaired) electrons. The molecule has 33 heteroatoms. The lowest BCUT2D eigenvalue weighted by Crippen LogP contribution is -2.17. The molecule has 0 amide bonds. The summed E-state index contributed by atoms with van der Waals surface area (Å²) in [4.78, 5) is 2.30. The second kappa shape index (κ2) is 19.9. The Labute approximate surface area is 424 Å². The molecule has 3 nitrogen and oxygen atoms in total. The molecule has 0 spiro atoms. The summed E-state index contributed by atoms with van der Waals surface area (Å²) in [5.74, 6) is -79.4. The Morgan fingerprint density at radius 1 is 0.309 bits per heavy atom. The predicted molar refractivity (Wildman–Crippen MR) is 208 cm³/mol. The molecule has 1 aliphatic rings. The van der Waals surface area contributed by atoms with Crippen LogP contribution in [0.1, 0.15) is 33.4 Å². The van der Waals surface area contributed by atoms with Crippen LogP contribution in [0.5, 0.6) is 0 Å². The van der Waals surface area contributed by atoms with E-state index in [2.05, 4.69) is 4.85 Å². The van der Waals surface area contributed by atoms with Gasteiger partial charge in [-0.05, 0) is 23.6 Å². The van der Waals surface area contributed by atoms with Crippen LogP contribution in [0.25, 0.3) is 55.1 Å². The minimum Gasteiger partial charge on any atom is -0.237 e. The molecule has 0 aliphatic heterocycles. The number of hydrogen-bond donors (Lipinski definition) is 0. The number of nitrogens with zero attached hydrogens (tertiary/aromatic N) is 3. The van der Waals surface area contributed by atoms with Gasteiger partial charge in [-0.3, -0.25) is 0 Å². The van der Waals surface area contributed by atoms with Crippen molar-refractivity contribution in [3.8, 4) is 45.5 Å². The van der Waals surface area contributed by atoms with Crippen LogP contribution >= 0.6 is 0 Å². The third-order valence-corrected chi connectivity index (χ3v) is 11.6. The van der Waals surface area contributed by atoms with Crippen LogP contribution in [0.4, 0.5) is 132 Å². The van der Waals surface area contributed by atoms with Crippen LogP contribution in [-0.4, -0.2) is 0 Å². The fraction of sp³-hybridized carbons (Fsp3) is 0.0625. The van der Waals surface area contributed by atoms with E-state index in [4.69, 9.17) is 6.57 Å². The van der Waals surface area contributed by atoms with Crippen molar-refractivity contribution in [3.05, 3.63) is 201 Å². The number of allylic oxidation sites excluding steroid dienone is 5. The molecule has 0 aromatic heterocycles. The maximum absolute atomic E-state index is 16.2. The molecule has 0 N–H and O–H groups in total. The Bertz CT molecular complexity index is 3800. The van der Waals surface area contributed by atoms with E-state index >= 15 is 52.7 Å². The van der Waals surface area contributed by atoms with Gasteiger partial charge in [-0.1, -0.05) is 0 Å². The van der Waals surface area contributed by atoms with E-state index in [1.807, 2.05) is 0 Å². The van der Waals surface area contributed by atoms with E-state index in [1.165, 1.54) is 0 Å². The second-order valence-corrected chi connectivity index (χ2v) is 15.8. The minimum atomic E-state index is -6.40. The Balaban J connectivity index is 1.67. The van der Waals surface area contributed by atoms with Crippen LogP contribution < -0.4 is 0 Å². The van der Waals surface area contributed by atoms with Crippen molar-refractivity contribution in [1.29, 1.82) is 10.5 Å². The third-order valence-electron chi connectivity index (χ3n) is 11.6. The maximum Gasteiger partial charge on any atom is 0.422 e. The molecular weight excluding hydrogens is 1190 g/mol. The van der Waals surface area contributed by atoms with Gasteiger partial charge in [0, 0.05) is 5.56 Å². The van der Waals surface area contributed by atoms with Gasteiger partial charge in [-0.25, -0.2) is 110 Å². The van der Waals surface area contributed by atoms with Crippen molar-refractivity contribution < 1.29 is 132 Å². The zero-order valence-electron chi connectivity index (χ0n) is 37.2. The minimum absolute atomic E-state index is 0.299. The highest BCUT2D eigenvalue weighted by Crippen LogP contribution is 2.59. The van der Waals surface area contributed by atoms with E-state index in [-0.39, 0.29) is 0 Å². The Kier molecular flexibility index (Phi) is 14.6. The molecule has 6 aromatic carbocycles. The molecular formula is C48H3F30N3. The van der Waals surface area contributed by atoms with Crippen LogP contribution in [0.15, 0.2) is 16.7 Å². The SMILES string of the molecule is [C-]#[N+]C(=C1C(=C(C#N)c2c(F)c(F)c(-c3c(F)c(F)c(C)c(F)c3F)c(F)c2F)C1=C(C#N)c1c(F)c(F)c(-c2c(F)c(F)c(C(F)(F)F)c(F)c2F)c(F)c1F)c1c(F)c(F)c(-c2c(F)c(F)c(C(F)(F)F)c(F)c2F)c(F)c1F. The van der Waals surface area contributed by atoms with Gasteiger partial charge < -0.3 is 0 Å². The highest BCUT2D eigenvalue weighted by molar-refractivity contribution is 6.11. The zero-order valence-corrected chi connectivity index (χ0v) is 37.2. The van der Waals surface area contributed by atoms with Crippen molar-refractivity contribution >= 4 is 16.8 Å². The van der Waals surface area contributed by atoms with Gasteiger partial charge in [0.1, 0.15) is 23.3 Å². The van der Waals surface area contributed by atoms with Gasteiger partial charge in [0.15, 0.2) is 140 Å². The summed E-state index contributed by atoms with van der Waals surface area (Å²) in [5, 5.41) is 20.4. The Hall–Kier alpha value is -9.09. The van der Waals surface area contributed by atoms with Gasteiger partial charge in [0.05, 0.1) is 67.8 Å². The summed E-state index contributed by atoms with van der Waals surface area (Å²) < 4.78 is 449. The molecule has 0 saturated heterocycles. The summed E-state index contributed by atoms with van der Waals surface area (Å²) in [6, 6.07) is 1.09. The summed E-state index contributed by atoms with van der Waals surface area (Å²) >= 11 is 0. The molecule has 0 heterocycles. The molecule has 420 valence electrons. The number of alkyl halides is 6. The average Bonchev–Trinajstić information content (AvgIpc) is 4.28. The zero-order chi connectivity index (χ0) is 61.4. The van der Waals surface area contributed by atoms with E-state index in [0.29, 0.717) is 19.1 Å². The first-order valence-corrected chi connectivity index (χ1v) is 20.1. The van der Waals surface area contributed by atoms with Gasteiger partial charge in [0.25, 0.3) is 0 Å². The van der Waals surface area contributed by atoms with Crippen LogP contribution in [0.3, 0.4) is 0 Å². The fourth-order valence-corrected chi connectivity index (χ4v) is 8.00. The lowest BCUT2D eigenvalue weighted by Gasteiger charge is -2.16. The van der Waals surface area contributed by atoms with Crippen molar-refractivity contribution in [3.63, 3.8) is 0 Å². The van der Waals surface area contributed by atoms with Gasteiger partial charge in [-0.2, -0.15) is 36.9 Å². The quantitative estimate of drug-likeness (QED) is 0.0722. The number of nitriles is 2. The monoisotopic (exact) mass is 1190 g/mol. The van der Waals surface area contributed by atoms with Crippen molar-refractivity contribution in [2.45, 2.75) is 19.3 Å². The number of halogens is 30. The van der Waals surface area contributed by atoms with Crippen LogP contribution in [0, 0.1) is 176 Å². The lowest BCUT2D eigenvalue weighted by atomic mass is 9.94. The lowest BCUT2D eigenvalue weighted by molar-refractivity contribution is -0.144. The molecule has 0 bridgehead atoms. The predicted octanol–water partition coefficient (Wildman–Crippen LogP) is 17.0. The summed E-state index contributed by atoms with van der Waals surface area (Å²) in [5.41, 5.74) is -48.9. The van der Waals surface area contributed by atoms with E-state index in [0.717, 1.165) is 0 Å². The van der Waals surface area contributed by atoms with Crippen molar-refractivity contribution in [2.24, 2.45) is 0 Å². The van der Waals surface area contributed by atoms with E-state index in [9.17, 15) is 89.6 Å².